The first kappa shape index (κ1) is 30.8. The molecule has 0 saturated carbocycles. The number of nitrogens with zero attached hydrogens (tertiary/aromatic N) is 3. The molecule has 0 bridgehead atoms. The van der Waals surface area contributed by atoms with Gasteiger partial charge in [-0.2, -0.15) is 0 Å². The first-order chi connectivity index (χ1) is 27.8. The van der Waals surface area contributed by atoms with Gasteiger partial charge in [0.05, 0.1) is 5.56 Å². The van der Waals surface area contributed by atoms with E-state index >= 15 is 0 Å². The number of furan rings is 2. The summed E-state index contributed by atoms with van der Waals surface area (Å²) in [5.41, 5.74) is 7.94. The predicted molar refractivity (Wildman–Crippen MR) is 229 cm³/mol. The Morgan fingerprint density at radius 1 is 0.286 bits per heavy atom. The number of hydrogen-bond acceptors (Lipinski definition) is 5. The average molecular weight is 716 g/mol. The second-order valence-corrected chi connectivity index (χ2v) is 14.3. The summed E-state index contributed by atoms with van der Waals surface area (Å²) >= 11 is 0. The van der Waals surface area contributed by atoms with E-state index in [1.54, 1.807) is 0 Å². The number of aromatic nitrogens is 3. The summed E-state index contributed by atoms with van der Waals surface area (Å²) in [6, 6.07) is 60.9. The van der Waals surface area contributed by atoms with Crippen molar-refractivity contribution >= 4 is 76.2 Å². The van der Waals surface area contributed by atoms with Crippen LogP contribution in [0.5, 0.6) is 0 Å². The fourth-order valence-corrected chi connectivity index (χ4v) is 8.64. The predicted octanol–water partition coefficient (Wildman–Crippen LogP) is 13.8. The molecule has 0 aliphatic carbocycles. The number of rotatable bonds is 4. The summed E-state index contributed by atoms with van der Waals surface area (Å²) in [6.07, 6.45) is 0. The summed E-state index contributed by atoms with van der Waals surface area (Å²) in [4.78, 5) is 16.0. The van der Waals surface area contributed by atoms with Gasteiger partial charge in [-0.3, -0.25) is 0 Å². The third-order valence-electron chi connectivity index (χ3n) is 11.1. The van der Waals surface area contributed by atoms with E-state index in [0.29, 0.717) is 17.5 Å². The Bertz CT molecular complexity index is 3560. The van der Waals surface area contributed by atoms with Gasteiger partial charge in [0.1, 0.15) is 22.3 Å². The van der Waals surface area contributed by atoms with E-state index in [0.717, 1.165) is 87.9 Å². The van der Waals surface area contributed by atoms with Gasteiger partial charge >= 0.3 is 0 Å². The van der Waals surface area contributed by atoms with Crippen molar-refractivity contribution in [2.24, 2.45) is 0 Å². The SMILES string of the molecule is c1ccc(-c2cccc3oc4ccccc4c23)c(-c2nc(-c3cc4ccc5ccccc5c4c4ccccc34)nc(-c3cccc4c3oc3ccccc34)n2)c1. The third kappa shape index (κ3) is 4.58. The highest BCUT2D eigenvalue weighted by Crippen LogP contribution is 2.43. The minimum Gasteiger partial charge on any atom is -0.456 e. The van der Waals surface area contributed by atoms with Crippen molar-refractivity contribution in [1.29, 1.82) is 0 Å². The number of para-hydroxylation sites is 3. The van der Waals surface area contributed by atoms with E-state index in [2.05, 4.69) is 121 Å². The summed E-state index contributed by atoms with van der Waals surface area (Å²) in [5, 5.41) is 11.2. The highest BCUT2D eigenvalue weighted by molar-refractivity contribution is 6.23. The number of fused-ring (bicyclic) bond motifs is 11. The van der Waals surface area contributed by atoms with Crippen molar-refractivity contribution in [3.63, 3.8) is 0 Å². The van der Waals surface area contributed by atoms with Crippen LogP contribution < -0.4 is 0 Å². The van der Waals surface area contributed by atoms with Gasteiger partial charge in [0.15, 0.2) is 17.5 Å². The Morgan fingerprint density at radius 2 is 0.821 bits per heavy atom. The Balaban J connectivity index is 1.17. The van der Waals surface area contributed by atoms with E-state index in [1.165, 1.54) is 16.2 Å². The van der Waals surface area contributed by atoms with Gasteiger partial charge in [0.2, 0.25) is 0 Å². The number of benzene rings is 9. The molecule has 0 atom stereocenters. The zero-order valence-corrected chi connectivity index (χ0v) is 29.9. The highest BCUT2D eigenvalue weighted by atomic mass is 16.3. The molecule has 5 heteroatoms. The maximum atomic E-state index is 6.56. The molecule has 260 valence electrons. The second-order valence-electron chi connectivity index (χ2n) is 14.3. The van der Waals surface area contributed by atoms with Crippen LogP contribution in [0.4, 0.5) is 0 Å². The Morgan fingerprint density at radius 3 is 1.66 bits per heavy atom. The van der Waals surface area contributed by atoms with Gasteiger partial charge in [0.25, 0.3) is 0 Å². The molecular formula is C51H29N3O2. The van der Waals surface area contributed by atoms with Crippen LogP contribution in [-0.4, -0.2) is 15.0 Å². The maximum Gasteiger partial charge on any atom is 0.167 e. The molecule has 0 amide bonds. The van der Waals surface area contributed by atoms with Gasteiger partial charge < -0.3 is 8.83 Å². The first-order valence-electron chi connectivity index (χ1n) is 18.8. The summed E-state index contributed by atoms with van der Waals surface area (Å²) in [5.74, 6) is 1.70. The fourth-order valence-electron chi connectivity index (χ4n) is 8.64. The Hall–Kier alpha value is -7.63. The third-order valence-corrected chi connectivity index (χ3v) is 11.1. The number of hydrogen-bond donors (Lipinski definition) is 0. The molecule has 0 unspecified atom stereocenters. The van der Waals surface area contributed by atoms with Crippen LogP contribution >= 0.6 is 0 Å². The lowest BCUT2D eigenvalue weighted by Crippen LogP contribution is -2.02. The lowest BCUT2D eigenvalue weighted by atomic mass is 9.93. The molecule has 12 rings (SSSR count). The van der Waals surface area contributed by atoms with Gasteiger partial charge in [0, 0.05) is 32.7 Å². The Labute approximate surface area is 320 Å². The zero-order valence-electron chi connectivity index (χ0n) is 29.9. The normalized spacial score (nSPS) is 11.9. The Kier molecular flexibility index (Phi) is 6.56. The van der Waals surface area contributed by atoms with Crippen LogP contribution in [-0.2, 0) is 0 Å². The first-order valence-corrected chi connectivity index (χ1v) is 18.8. The monoisotopic (exact) mass is 715 g/mol. The van der Waals surface area contributed by atoms with Gasteiger partial charge in [-0.05, 0) is 73.8 Å². The molecule has 0 radical (unpaired) electrons. The minimum absolute atomic E-state index is 0.541. The van der Waals surface area contributed by atoms with Gasteiger partial charge in [-0.25, -0.2) is 15.0 Å². The molecule has 0 saturated heterocycles. The molecule has 12 aromatic rings. The van der Waals surface area contributed by atoms with Crippen molar-refractivity contribution in [1.82, 2.24) is 15.0 Å². The molecule has 0 N–H and O–H groups in total. The molecular weight excluding hydrogens is 687 g/mol. The molecule has 5 nitrogen and oxygen atoms in total. The zero-order chi connectivity index (χ0) is 36.7. The highest BCUT2D eigenvalue weighted by Gasteiger charge is 2.22. The quantitative estimate of drug-likeness (QED) is 0.170. The standard InChI is InChI=1S/C51H29N3O2/c1-2-14-32-30(13-1)27-28-31-29-42(34-16-3-5-18-36(34)46(31)32)51-53-49(52-50(54-51)41-23-11-22-38-35-17-7-9-24-43(35)56-48(38)41)39-19-6-4-15-33(39)37-21-12-26-45-47(37)40-20-8-10-25-44(40)55-45/h1-29H. The molecule has 9 aromatic carbocycles. The summed E-state index contributed by atoms with van der Waals surface area (Å²) < 4.78 is 12.9. The summed E-state index contributed by atoms with van der Waals surface area (Å²) in [6.45, 7) is 0. The maximum absolute atomic E-state index is 6.56. The van der Waals surface area contributed by atoms with Crippen LogP contribution in [0.2, 0.25) is 0 Å². The fraction of sp³-hybridized carbons (Fsp3) is 0. The van der Waals surface area contributed by atoms with Gasteiger partial charge in [-0.15, -0.1) is 0 Å². The van der Waals surface area contributed by atoms with E-state index in [4.69, 9.17) is 23.8 Å². The van der Waals surface area contributed by atoms with E-state index in [-0.39, 0.29) is 0 Å². The van der Waals surface area contributed by atoms with Gasteiger partial charge in [-0.1, -0.05) is 146 Å². The lowest BCUT2D eigenvalue weighted by Gasteiger charge is -2.15. The molecule has 0 aliphatic rings. The largest absolute Gasteiger partial charge is 0.456 e. The van der Waals surface area contributed by atoms with Crippen LogP contribution in [0.1, 0.15) is 0 Å². The van der Waals surface area contributed by atoms with Crippen LogP contribution in [0.15, 0.2) is 185 Å². The van der Waals surface area contributed by atoms with Crippen LogP contribution in [0.25, 0.3) is 121 Å². The van der Waals surface area contributed by atoms with Crippen molar-refractivity contribution in [2.45, 2.75) is 0 Å². The molecule has 0 fully saturated rings. The summed E-state index contributed by atoms with van der Waals surface area (Å²) in [7, 11) is 0. The second kappa shape index (κ2) is 11.9. The molecule has 3 aromatic heterocycles. The van der Waals surface area contributed by atoms with E-state index in [1.807, 2.05) is 54.6 Å². The van der Waals surface area contributed by atoms with Crippen molar-refractivity contribution in [3.05, 3.63) is 176 Å². The van der Waals surface area contributed by atoms with Crippen molar-refractivity contribution < 1.29 is 8.83 Å². The van der Waals surface area contributed by atoms with E-state index < -0.39 is 0 Å². The average Bonchev–Trinajstić information content (AvgIpc) is 3.84. The minimum atomic E-state index is 0.541. The lowest BCUT2D eigenvalue weighted by molar-refractivity contribution is 0.669. The van der Waals surface area contributed by atoms with Crippen molar-refractivity contribution in [3.8, 4) is 45.3 Å². The molecule has 3 heterocycles. The topological polar surface area (TPSA) is 65.0 Å². The van der Waals surface area contributed by atoms with Crippen molar-refractivity contribution in [2.75, 3.05) is 0 Å². The molecule has 0 aliphatic heterocycles. The van der Waals surface area contributed by atoms with Crippen LogP contribution in [0.3, 0.4) is 0 Å². The van der Waals surface area contributed by atoms with E-state index in [9.17, 15) is 0 Å². The smallest absolute Gasteiger partial charge is 0.167 e. The molecule has 0 spiro atoms. The van der Waals surface area contributed by atoms with Crippen LogP contribution in [0, 0.1) is 0 Å². The molecule has 56 heavy (non-hydrogen) atoms.